The summed E-state index contributed by atoms with van der Waals surface area (Å²) >= 11 is 0. The molecule has 29 heavy (non-hydrogen) atoms. The maximum Gasteiger partial charge on any atom is 0.308 e. The third-order valence-electron chi connectivity index (χ3n) is 7.40. The van der Waals surface area contributed by atoms with Crippen molar-refractivity contribution in [3.8, 4) is 0 Å². The molecule has 1 saturated heterocycles. The van der Waals surface area contributed by atoms with Crippen LogP contribution in [0.5, 0.6) is 0 Å². The highest BCUT2D eigenvalue weighted by Gasteiger charge is 2.45. The molecule has 0 aromatic heterocycles. The van der Waals surface area contributed by atoms with Crippen molar-refractivity contribution in [2.45, 2.75) is 91.0 Å². The number of carbonyl (C=O) groups excluding carboxylic acids is 2. The van der Waals surface area contributed by atoms with E-state index in [1.807, 2.05) is 13.8 Å². The minimum absolute atomic E-state index is 0.0397. The molecule has 0 aromatic carbocycles. The zero-order valence-corrected chi connectivity index (χ0v) is 18.4. The standard InChI is InChI=1S/C24H38O5/c1-5-15(3)24(27)29-21-11-14(2)10-17-7-6-16(4)20(23(17)21)9-8-19-12-18(25)13-22(26)28-19/h6-7,14-21,23,25H,5,8-13H2,1-4H3/t14-,15-,16-,17+,18+,19-,20-,21-,23-/m0/s1. The van der Waals surface area contributed by atoms with Crippen LogP contribution in [0.2, 0.25) is 0 Å². The average Bonchev–Trinajstić information content (AvgIpc) is 2.65. The summed E-state index contributed by atoms with van der Waals surface area (Å²) in [5.41, 5.74) is 0. The normalized spacial score (nSPS) is 40.7. The minimum Gasteiger partial charge on any atom is -0.462 e. The summed E-state index contributed by atoms with van der Waals surface area (Å²) < 4.78 is 11.6. The number of rotatable bonds is 6. The first-order valence-electron chi connectivity index (χ1n) is 11.5. The van der Waals surface area contributed by atoms with Crippen LogP contribution in [0.3, 0.4) is 0 Å². The van der Waals surface area contributed by atoms with Crippen LogP contribution in [-0.2, 0) is 19.1 Å². The smallest absolute Gasteiger partial charge is 0.308 e. The van der Waals surface area contributed by atoms with E-state index >= 15 is 0 Å². The number of aliphatic hydroxyl groups excluding tert-OH is 1. The zero-order valence-electron chi connectivity index (χ0n) is 18.4. The lowest BCUT2D eigenvalue weighted by molar-refractivity contribution is -0.166. The fraction of sp³-hybridized carbons (Fsp3) is 0.833. The van der Waals surface area contributed by atoms with Crippen molar-refractivity contribution in [3.63, 3.8) is 0 Å². The first-order valence-corrected chi connectivity index (χ1v) is 11.5. The second-order valence-corrected chi connectivity index (χ2v) is 9.79. The van der Waals surface area contributed by atoms with Gasteiger partial charge in [-0.2, -0.15) is 0 Å². The number of ether oxygens (including phenoxy) is 2. The number of allylic oxidation sites excluding steroid dienone is 2. The Hall–Kier alpha value is -1.36. The second-order valence-electron chi connectivity index (χ2n) is 9.79. The van der Waals surface area contributed by atoms with Gasteiger partial charge in [-0.3, -0.25) is 9.59 Å². The van der Waals surface area contributed by atoms with Gasteiger partial charge in [0, 0.05) is 12.3 Å². The molecule has 1 heterocycles. The van der Waals surface area contributed by atoms with Crippen molar-refractivity contribution in [1.29, 1.82) is 0 Å². The summed E-state index contributed by atoms with van der Waals surface area (Å²) in [4.78, 5) is 24.2. The van der Waals surface area contributed by atoms with Gasteiger partial charge in [-0.15, -0.1) is 0 Å². The van der Waals surface area contributed by atoms with Crippen molar-refractivity contribution >= 4 is 11.9 Å². The van der Waals surface area contributed by atoms with Crippen molar-refractivity contribution < 1.29 is 24.2 Å². The summed E-state index contributed by atoms with van der Waals surface area (Å²) in [6.07, 6.45) is 9.01. The molecule has 0 spiro atoms. The molecule has 0 radical (unpaired) electrons. The summed E-state index contributed by atoms with van der Waals surface area (Å²) in [6.45, 7) is 8.46. The number of cyclic esters (lactones) is 1. The van der Waals surface area contributed by atoms with Crippen LogP contribution < -0.4 is 0 Å². The summed E-state index contributed by atoms with van der Waals surface area (Å²) in [5.74, 6) is 1.66. The monoisotopic (exact) mass is 406 g/mol. The Morgan fingerprint density at radius 2 is 2.00 bits per heavy atom. The van der Waals surface area contributed by atoms with E-state index in [9.17, 15) is 14.7 Å². The van der Waals surface area contributed by atoms with E-state index < -0.39 is 6.10 Å². The molecule has 164 valence electrons. The molecule has 1 saturated carbocycles. The molecule has 2 aliphatic carbocycles. The number of hydrogen-bond acceptors (Lipinski definition) is 5. The van der Waals surface area contributed by atoms with Crippen LogP contribution in [0.15, 0.2) is 12.2 Å². The quantitative estimate of drug-likeness (QED) is 0.527. The molecule has 5 heteroatoms. The van der Waals surface area contributed by atoms with Crippen molar-refractivity contribution in [1.82, 2.24) is 0 Å². The van der Waals surface area contributed by atoms with E-state index in [0.717, 1.165) is 32.1 Å². The highest BCUT2D eigenvalue weighted by atomic mass is 16.5. The highest BCUT2D eigenvalue weighted by molar-refractivity contribution is 5.72. The van der Waals surface area contributed by atoms with Crippen LogP contribution >= 0.6 is 0 Å². The average molecular weight is 407 g/mol. The highest BCUT2D eigenvalue weighted by Crippen LogP contribution is 2.48. The fourth-order valence-corrected chi connectivity index (χ4v) is 5.59. The van der Waals surface area contributed by atoms with Crippen LogP contribution in [0.4, 0.5) is 0 Å². The Morgan fingerprint density at radius 1 is 1.24 bits per heavy atom. The molecular weight excluding hydrogens is 368 g/mol. The summed E-state index contributed by atoms with van der Waals surface area (Å²) in [6, 6.07) is 0. The first kappa shape index (κ1) is 22.3. The molecule has 9 atom stereocenters. The maximum absolute atomic E-state index is 12.6. The number of carbonyl (C=O) groups is 2. The van der Waals surface area contributed by atoms with Gasteiger partial charge in [0.05, 0.1) is 18.4 Å². The molecule has 3 aliphatic rings. The topological polar surface area (TPSA) is 72.8 Å². The molecule has 5 nitrogen and oxygen atoms in total. The number of esters is 2. The summed E-state index contributed by atoms with van der Waals surface area (Å²) in [7, 11) is 0. The van der Waals surface area contributed by atoms with E-state index in [0.29, 0.717) is 36.0 Å². The van der Waals surface area contributed by atoms with Gasteiger partial charge in [0.1, 0.15) is 12.2 Å². The van der Waals surface area contributed by atoms with Gasteiger partial charge in [0.15, 0.2) is 0 Å². The van der Waals surface area contributed by atoms with Gasteiger partial charge < -0.3 is 14.6 Å². The zero-order chi connectivity index (χ0) is 21.1. The van der Waals surface area contributed by atoms with Gasteiger partial charge in [-0.25, -0.2) is 0 Å². The van der Waals surface area contributed by atoms with Crippen LogP contribution in [0.1, 0.15) is 72.6 Å². The lowest BCUT2D eigenvalue weighted by Crippen LogP contribution is -2.46. The molecule has 1 N–H and O–H groups in total. The Kier molecular flexibility index (Phi) is 7.42. The molecule has 3 rings (SSSR count). The van der Waals surface area contributed by atoms with Crippen LogP contribution in [-0.4, -0.2) is 35.4 Å². The molecule has 0 aromatic rings. The van der Waals surface area contributed by atoms with Gasteiger partial charge in [0.25, 0.3) is 0 Å². The number of aliphatic hydroxyl groups is 1. The Labute approximate surface area is 175 Å². The van der Waals surface area contributed by atoms with Gasteiger partial charge in [-0.1, -0.05) is 39.8 Å². The van der Waals surface area contributed by atoms with Gasteiger partial charge in [0.2, 0.25) is 0 Å². The lowest BCUT2D eigenvalue weighted by atomic mass is 9.60. The van der Waals surface area contributed by atoms with Gasteiger partial charge in [-0.05, 0) is 55.8 Å². The number of fused-ring (bicyclic) bond motifs is 1. The molecule has 0 amide bonds. The van der Waals surface area contributed by atoms with Crippen molar-refractivity contribution in [3.05, 3.63) is 12.2 Å². The molecule has 1 aliphatic heterocycles. The van der Waals surface area contributed by atoms with Crippen LogP contribution in [0.25, 0.3) is 0 Å². The van der Waals surface area contributed by atoms with Crippen molar-refractivity contribution in [2.75, 3.05) is 0 Å². The van der Waals surface area contributed by atoms with E-state index in [4.69, 9.17) is 9.47 Å². The fourth-order valence-electron chi connectivity index (χ4n) is 5.59. The van der Waals surface area contributed by atoms with E-state index in [1.54, 1.807) is 0 Å². The second kappa shape index (κ2) is 9.63. The SMILES string of the molecule is CC[C@H](C)C(=O)O[C@H]1C[C@@H](C)C[C@H]2C=C[C@H](C)[C@H](CC[C@H]3C[C@@H](O)CC(=O)O3)[C@H]21. The molecule has 0 unspecified atom stereocenters. The largest absolute Gasteiger partial charge is 0.462 e. The first-order chi connectivity index (χ1) is 13.8. The van der Waals surface area contributed by atoms with E-state index in [-0.39, 0.29) is 36.5 Å². The maximum atomic E-state index is 12.6. The Morgan fingerprint density at radius 3 is 2.69 bits per heavy atom. The Balaban J connectivity index is 1.71. The lowest BCUT2D eigenvalue weighted by Gasteiger charge is -2.47. The Bertz CT molecular complexity index is 614. The third-order valence-corrected chi connectivity index (χ3v) is 7.40. The van der Waals surface area contributed by atoms with E-state index in [1.165, 1.54) is 0 Å². The molecule has 0 bridgehead atoms. The molecule has 2 fully saturated rings. The molecular formula is C24H38O5. The number of hydrogen-bond donors (Lipinski definition) is 1. The predicted octanol–water partition coefficient (Wildman–Crippen LogP) is 4.28. The van der Waals surface area contributed by atoms with Gasteiger partial charge >= 0.3 is 11.9 Å². The minimum atomic E-state index is -0.586. The van der Waals surface area contributed by atoms with Crippen molar-refractivity contribution in [2.24, 2.45) is 35.5 Å². The summed E-state index contributed by atoms with van der Waals surface area (Å²) in [5, 5.41) is 9.90. The van der Waals surface area contributed by atoms with Crippen LogP contribution in [0, 0.1) is 35.5 Å². The third kappa shape index (κ3) is 5.42. The predicted molar refractivity (Wildman–Crippen MR) is 111 cm³/mol. The van der Waals surface area contributed by atoms with E-state index in [2.05, 4.69) is 26.0 Å².